The molecule has 0 fully saturated rings. The van der Waals surface area contributed by atoms with Crippen LogP contribution < -0.4 is 0 Å². The normalized spacial score (nSPS) is 12.5. The standard InChI is InChI=1S/C21H18BrClN4O3S/c1-12-6-5-7-13(10-12)19-26-27-20(30-19)18(25-15-9-4-3-8-14(15)23)16(22)17(24)21(28)29-11-31-2/h3-10,16,24H,11H2,1-2H3. The predicted octanol–water partition coefficient (Wildman–Crippen LogP) is 5.47. The van der Waals surface area contributed by atoms with E-state index >= 15 is 0 Å². The maximum atomic E-state index is 12.2. The van der Waals surface area contributed by atoms with Crippen LogP contribution in [0.15, 0.2) is 57.9 Å². The summed E-state index contributed by atoms with van der Waals surface area (Å²) >= 11 is 10.9. The van der Waals surface area contributed by atoms with E-state index in [0.29, 0.717) is 16.6 Å². The Kier molecular flexibility index (Phi) is 8.00. The maximum Gasteiger partial charge on any atom is 0.354 e. The molecule has 0 spiro atoms. The Hall–Kier alpha value is -2.49. The minimum Gasteiger partial charge on any atom is -0.450 e. The van der Waals surface area contributed by atoms with Gasteiger partial charge in [-0.05, 0) is 37.4 Å². The number of benzene rings is 2. The molecule has 3 aromatic rings. The average Bonchev–Trinajstić information content (AvgIpc) is 3.26. The van der Waals surface area contributed by atoms with E-state index in [-0.39, 0.29) is 23.3 Å². The fourth-order valence-corrected chi connectivity index (χ4v) is 3.42. The Labute approximate surface area is 196 Å². The van der Waals surface area contributed by atoms with Crippen molar-refractivity contribution >= 4 is 62.4 Å². The first-order chi connectivity index (χ1) is 14.9. The first-order valence-electron chi connectivity index (χ1n) is 9.03. The molecule has 0 aliphatic carbocycles. The molecule has 0 aliphatic heterocycles. The van der Waals surface area contributed by atoms with Gasteiger partial charge in [0.1, 0.15) is 22.2 Å². The van der Waals surface area contributed by atoms with Crippen LogP contribution in [-0.4, -0.2) is 44.6 Å². The number of esters is 1. The molecule has 2 aromatic carbocycles. The van der Waals surface area contributed by atoms with Crippen LogP contribution in [0.4, 0.5) is 5.69 Å². The number of ether oxygens (including phenoxy) is 1. The van der Waals surface area contributed by atoms with Crippen molar-refractivity contribution in [3.8, 4) is 11.5 Å². The number of thioether (sulfide) groups is 1. The van der Waals surface area contributed by atoms with Crippen molar-refractivity contribution in [3.05, 3.63) is 65.0 Å². The molecule has 7 nitrogen and oxygen atoms in total. The minimum atomic E-state index is -0.955. The van der Waals surface area contributed by atoms with Gasteiger partial charge in [-0.25, -0.2) is 9.79 Å². The molecule has 0 bridgehead atoms. The molecule has 3 rings (SSSR count). The molecular weight excluding hydrogens is 504 g/mol. The lowest BCUT2D eigenvalue weighted by Crippen LogP contribution is -2.32. The first kappa shape index (κ1) is 23.2. The molecule has 0 amide bonds. The van der Waals surface area contributed by atoms with Crippen LogP contribution in [0.3, 0.4) is 0 Å². The SMILES string of the molecule is CSCOC(=O)C(=N)C(Br)C(=Nc1ccccc1Cl)c1nnc(-c2cccc(C)c2)o1. The van der Waals surface area contributed by atoms with Crippen molar-refractivity contribution in [1.82, 2.24) is 10.2 Å². The van der Waals surface area contributed by atoms with Crippen LogP contribution in [-0.2, 0) is 9.53 Å². The number of para-hydroxylation sites is 1. The Morgan fingerprint density at radius 1 is 1.29 bits per heavy atom. The van der Waals surface area contributed by atoms with Gasteiger partial charge in [-0.3, -0.25) is 5.41 Å². The van der Waals surface area contributed by atoms with Crippen molar-refractivity contribution in [2.45, 2.75) is 11.8 Å². The van der Waals surface area contributed by atoms with Gasteiger partial charge in [0, 0.05) is 5.56 Å². The summed E-state index contributed by atoms with van der Waals surface area (Å²) in [6, 6.07) is 14.5. The highest BCUT2D eigenvalue weighted by Crippen LogP contribution is 2.27. The monoisotopic (exact) mass is 520 g/mol. The fraction of sp³-hybridized carbons (Fsp3) is 0.190. The van der Waals surface area contributed by atoms with Crippen LogP contribution in [0.25, 0.3) is 11.5 Å². The van der Waals surface area contributed by atoms with Gasteiger partial charge >= 0.3 is 5.97 Å². The van der Waals surface area contributed by atoms with Gasteiger partial charge in [-0.15, -0.1) is 22.0 Å². The number of carbonyl (C=O) groups is 1. The lowest BCUT2D eigenvalue weighted by molar-refractivity contribution is -0.133. The van der Waals surface area contributed by atoms with Gasteiger partial charge in [0.25, 0.3) is 5.89 Å². The third-order valence-electron chi connectivity index (χ3n) is 4.02. The number of nitrogens with zero attached hydrogens (tertiary/aromatic N) is 3. The molecule has 0 saturated carbocycles. The molecule has 0 saturated heterocycles. The Bertz CT molecular complexity index is 1140. The average molecular weight is 522 g/mol. The van der Waals surface area contributed by atoms with Crippen LogP contribution in [0.1, 0.15) is 11.5 Å². The number of aliphatic imine (C=N–C) groups is 1. The summed E-state index contributed by atoms with van der Waals surface area (Å²) in [5, 5.41) is 16.8. The quantitative estimate of drug-likeness (QED) is 0.183. The van der Waals surface area contributed by atoms with Gasteiger partial charge in [0.2, 0.25) is 5.89 Å². The van der Waals surface area contributed by atoms with Crippen LogP contribution in [0.5, 0.6) is 0 Å². The molecule has 31 heavy (non-hydrogen) atoms. The summed E-state index contributed by atoms with van der Waals surface area (Å²) < 4.78 is 10.9. The summed E-state index contributed by atoms with van der Waals surface area (Å²) in [5.41, 5.74) is 2.04. The number of halogens is 2. The van der Waals surface area contributed by atoms with Gasteiger partial charge in [0.05, 0.1) is 10.7 Å². The summed E-state index contributed by atoms with van der Waals surface area (Å²) in [4.78, 5) is 15.8. The number of hydrogen-bond acceptors (Lipinski definition) is 8. The molecule has 1 unspecified atom stereocenters. The number of carbonyl (C=O) groups excluding carboxylic acids is 1. The maximum absolute atomic E-state index is 12.2. The summed E-state index contributed by atoms with van der Waals surface area (Å²) in [7, 11) is 0. The summed E-state index contributed by atoms with van der Waals surface area (Å²) in [6.07, 6.45) is 1.79. The molecule has 1 N–H and O–H groups in total. The molecule has 0 radical (unpaired) electrons. The molecule has 0 aliphatic rings. The highest BCUT2D eigenvalue weighted by Gasteiger charge is 2.30. The number of rotatable bonds is 8. The number of hydrogen-bond donors (Lipinski definition) is 1. The molecule has 10 heteroatoms. The number of aryl methyl sites for hydroxylation is 1. The topological polar surface area (TPSA) is 101 Å². The predicted molar refractivity (Wildman–Crippen MR) is 127 cm³/mol. The molecule has 1 aromatic heterocycles. The number of nitrogens with one attached hydrogen (secondary N) is 1. The molecule has 1 heterocycles. The third kappa shape index (κ3) is 5.81. The largest absolute Gasteiger partial charge is 0.450 e. The lowest BCUT2D eigenvalue weighted by atomic mass is 10.1. The van der Waals surface area contributed by atoms with Gasteiger partial charge in [-0.2, -0.15) is 0 Å². The van der Waals surface area contributed by atoms with Crippen molar-refractivity contribution in [2.24, 2.45) is 4.99 Å². The van der Waals surface area contributed by atoms with Crippen LogP contribution >= 0.6 is 39.3 Å². The van der Waals surface area contributed by atoms with E-state index in [2.05, 4.69) is 31.1 Å². The fourth-order valence-electron chi connectivity index (χ4n) is 2.54. The smallest absolute Gasteiger partial charge is 0.354 e. The zero-order chi connectivity index (χ0) is 22.4. The molecular formula is C21H18BrClN4O3S. The van der Waals surface area contributed by atoms with Gasteiger partial charge in [0.15, 0.2) is 0 Å². The second-order valence-electron chi connectivity index (χ2n) is 6.34. The second kappa shape index (κ2) is 10.7. The Balaban J connectivity index is 2.02. The van der Waals surface area contributed by atoms with E-state index in [0.717, 1.165) is 11.1 Å². The Morgan fingerprint density at radius 3 is 2.77 bits per heavy atom. The highest BCUT2D eigenvalue weighted by molar-refractivity contribution is 9.10. The zero-order valence-electron chi connectivity index (χ0n) is 16.6. The third-order valence-corrected chi connectivity index (χ3v) is 5.59. The second-order valence-corrected chi connectivity index (χ2v) is 8.48. The van der Waals surface area contributed by atoms with E-state index in [1.807, 2.05) is 31.2 Å². The molecule has 1 atom stereocenters. The van der Waals surface area contributed by atoms with Crippen molar-refractivity contribution in [2.75, 3.05) is 12.2 Å². The summed E-state index contributed by atoms with van der Waals surface area (Å²) in [5.74, 6) is -0.292. The van der Waals surface area contributed by atoms with Gasteiger partial charge in [-0.1, -0.05) is 57.4 Å². The van der Waals surface area contributed by atoms with E-state index < -0.39 is 10.8 Å². The zero-order valence-corrected chi connectivity index (χ0v) is 19.8. The van der Waals surface area contributed by atoms with E-state index in [1.54, 1.807) is 30.5 Å². The van der Waals surface area contributed by atoms with E-state index in [4.69, 9.17) is 26.2 Å². The van der Waals surface area contributed by atoms with Crippen molar-refractivity contribution in [1.29, 1.82) is 5.41 Å². The Morgan fingerprint density at radius 2 is 2.06 bits per heavy atom. The van der Waals surface area contributed by atoms with Crippen LogP contribution in [0, 0.1) is 12.3 Å². The van der Waals surface area contributed by atoms with Gasteiger partial charge < -0.3 is 9.15 Å². The first-order valence-corrected chi connectivity index (χ1v) is 11.7. The van der Waals surface area contributed by atoms with E-state index in [1.165, 1.54) is 11.8 Å². The number of aromatic nitrogens is 2. The van der Waals surface area contributed by atoms with Crippen molar-refractivity contribution in [3.63, 3.8) is 0 Å². The molecule has 160 valence electrons. The minimum absolute atomic E-state index is 0.0562. The van der Waals surface area contributed by atoms with Crippen LogP contribution in [0.2, 0.25) is 5.02 Å². The van der Waals surface area contributed by atoms with E-state index in [9.17, 15) is 4.79 Å². The van der Waals surface area contributed by atoms with Crippen molar-refractivity contribution < 1.29 is 13.9 Å². The highest BCUT2D eigenvalue weighted by atomic mass is 79.9. The number of alkyl halides is 1. The lowest BCUT2D eigenvalue weighted by Gasteiger charge is -2.12. The summed E-state index contributed by atoms with van der Waals surface area (Å²) in [6.45, 7) is 1.96.